The highest BCUT2D eigenvalue weighted by atomic mass is 35.5. The Morgan fingerprint density at radius 1 is 1.33 bits per heavy atom. The van der Waals surface area contributed by atoms with Crippen molar-refractivity contribution in [3.63, 3.8) is 0 Å². The summed E-state index contributed by atoms with van der Waals surface area (Å²) in [5, 5.41) is -0.469. The van der Waals surface area contributed by atoms with Crippen LogP contribution in [0.3, 0.4) is 0 Å². The molecule has 1 aromatic carbocycles. The number of allylic oxidation sites excluding steroid dienone is 1. The zero-order chi connectivity index (χ0) is 13.2. The SMILES string of the molecule is CCCCCCC=COc1cccc(C(=O)Cl)c1. The van der Waals surface area contributed by atoms with Crippen LogP contribution in [0.4, 0.5) is 0 Å². The first-order valence-corrected chi connectivity index (χ1v) is 6.73. The minimum Gasteiger partial charge on any atom is -0.465 e. The first kappa shape index (κ1) is 14.8. The van der Waals surface area contributed by atoms with Crippen LogP contribution in [0, 0.1) is 0 Å². The second-order valence-electron chi connectivity index (χ2n) is 4.14. The second-order valence-corrected chi connectivity index (χ2v) is 4.48. The number of halogens is 1. The maximum absolute atomic E-state index is 11.0. The van der Waals surface area contributed by atoms with Crippen molar-refractivity contribution in [2.45, 2.75) is 39.0 Å². The molecule has 0 fully saturated rings. The lowest BCUT2D eigenvalue weighted by atomic mass is 10.1. The van der Waals surface area contributed by atoms with E-state index in [-0.39, 0.29) is 0 Å². The van der Waals surface area contributed by atoms with E-state index in [1.807, 2.05) is 6.08 Å². The topological polar surface area (TPSA) is 26.3 Å². The van der Waals surface area contributed by atoms with Gasteiger partial charge in [0, 0.05) is 5.56 Å². The lowest BCUT2D eigenvalue weighted by Gasteiger charge is -2.01. The minimum absolute atomic E-state index is 0.450. The van der Waals surface area contributed by atoms with Gasteiger partial charge in [-0.05, 0) is 48.7 Å². The van der Waals surface area contributed by atoms with Gasteiger partial charge in [-0.2, -0.15) is 0 Å². The van der Waals surface area contributed by atoms with Crippen LogP contribution in [0.1, 0.15) is 49.4 Å². The molecule has 0 aliphatic carbocycles. The molecule has 0 bridgehead atoms. The molecule has 0 aliphatic heterocycles. The maximum Gasteiger partial charge on any atom is 0.252 e. The Balaban J connectivity index is 2.32. The number of carbonyl (C=O) groups excluding carboxylic acids is 1. The Labute approximate surface area is 114 Å². The fraction of sp³-hybridized carbons (Fsp3) is 0.400. The van der Waals surface area contributed by atoms with E-state index >= 15 is 0 Å². The monoisotopic (exact) mass is 266 g/mol. The summed E-state index contributed by atoms with van der Waals surface area (Å²) in [6, 6.07) is 6.85. The molecule has 3 heteroatoms. The molecule has 0 atom stereocenters. The molecular formula is C15H19ClO2. The van der Waals surface area contributed by atoms with Crippen LogP contribution in [0.2, 0.25) is 0 Å². The molecule has 18 heavy (non-hydrogen) atoms. The van der Waals surface area contributed by atoms with Gasteiger partial charge in [0.25, 0.3) is 5.24 Å². The molecule has 0 amide bonds. The van der Waals surface area contributed by atoms with Crippen molar-refractivity contribution >= 4 is 16.8 Å². The van der Waals surface area contributed by atoms with Gasteiger partial charge in [-0.3, -0.25) is 4.79 Å². The molecule has 2 nitrogen and oxygen atoms in total. The molecule has 0 unspecified atom stereocenters. The van der Waals surface area contributed by atoms with Crippen LogP contribution in [-0.4, -0.2) is 5.24 Å². The minimum atomic E-state index is -0.469. The van der Waals surface area contributed by atoms with E-state index in [4.69, 9.17) is 16.3 Å². The smallest absolute Gasteiger partial charge is 0.252 e. The zero-order valence-electron chi connectivity index (χ0n) is 10.7. The normalized spacial score (nSPS) is 10.8. The molecular weight excluding hydrogens is 248 g/mol. The van der Waals surface area contributed by atoms with Crippen LogP contribution >= 0.6 is 11.6 Å². The molecule has 0 aromatic heterocycles. The number of carbonyl (C=O) groups is 1. The highest BCUT2D eigenvalue weighted by molar-refractivity contribution is 6.67. The fourth-order valence-corrected chi connectivity index (χ4v) is 1.69. The predicted molar refractivity (Wildman–Crippen MR) is 75.2 cm³/mol. The summed E-state index contributed by atoms with van der Waals surface area (Å²) in [6.45, 7) is 2.20. The highest BCUT2D eigenvalue weighted by Crippen LogP contribution is 2.15. The largest absolute Gasteiger partial charge is 0.465 e. The Morgan fingerprint density at radius 2 is 2.17 bits per heavy atom. The number of ether oxygens (including phenoxy) is 1. The van der Waals surface area contributed by atoms with Crippen molar-refractivity contribution in [1.82, 2.24) is 0 Å². The van der Waals surface area contributed by atoms with Gasteiger partial charge in [0.05, 0.1) is 6.26 Å². The van der Waals surface area contributed by atoms with Gasteiger partial charge in [0.2, 0.25) is 0 Å². The van der Waals surface area contributed by atoms with Gasteiger partial charge in [-0.25, -0.2) is 0 Å². The third kappa shape index (κ3) is 5.87. The standard InChI is InChI=1S/C15H19ClO2/c1-2-3-4-5-6-7-11-18-14-10-8-9-13(12-14)15(16)17/h7-12H,2-6H2,1H3. The molecule has 0 radical (unpaired) electrons. The summed E-state index contributed by atoms with van der Waals surface area (Å²) >= 11 is 5.39. The summed E-state index contributed by atoms with van der Waals surface area (Å²) in [4.78, 5) is 11.0. The summed E-state index contributed by atoms with van der Waals surface area (Å²) < 4.78 is 5.41. The first-order chi connectivity index (χ1) is 8.74. The molecule has 98 valence electrons. The van der Waals surface area contributed by atoms with E-state index < -0.39 is 5.24 Å². The van der Waals surface area contributed by atoms with Crippen LogP contribution in [0.5, 0.6) is 5.75 Å². The number of hydrogen-bond acceptors (Lipinski definition) is 2. The van der Waals surface area contributed by atoms with E-state index in [0.717, 1.165) is 6.42 Å². The average Bonchev–Trinajstić information content (AvgIpc) is 2.38. The molecule has 1 aromatic rings. The predicted octanol–water partition coefficient (Wildman–Crippen LogP) is 4.93. The van der Waals surface area contributed by atoms with Crippen molar-refractivity contribution in [1.29, 1.82) is 0 Å². The van der Waals surface area contributed by atoms with Gasteiger partial charge in [-0.1, -0.05) is 32.3 Å². The molecule has 0 spiro atoms. The van der Waals surface area contributed by atoms with Crippen LogP contribution in [0.25, 0.3) is 0 Å². The van der Waals surface area contributed by atoms with Crippen molar-refractivity contribution in [3.05, 3.63) is 42.2 Å². The lowest BCUT2D eigenvalue weighted by molar-refractivity contribution is 0.108. The number of rotatable bonds is 8. The van der Waals surface area contributed by atoms with Crippen LogP contribution < -0.4 is 4.74 Å². The molecule has 0 saturated heterocycles. The maximum atomic E-state index is 11.0. The Kier molecular flexibility index (Phi) is 7.19. The molecule has 0 aliphatic rings. The Morgan fingerprint density at radius 3 is 2.89 bits per heavy atom. The molecule has 0 N–H and O–H groups in total. The quantitative estimate of drug-likeness (QED) is 0.379. The second kappa shape index (κ2) is 8.76. The lowest BCUT2D eigenvalue weighted by Crippen LogP contribution is -1.89. The summed E-state index contributed by atoms with van der Waals surface area (Å²) in [5.41, 5.74) is 0.450. The molecule has 1 rings (SSSR count). The van der Waals surface area contributed by atoms with Crippen molar-refractivity contribution in [2.24, 2.45) is 0 Å². The molecule has 0 saturated carbocycles. The Bertz CT molecular complexity index is 399. The summed E-state index contributed by atoms with van der Waals surface area (Å²) in [5.74, 6) is 0.631. The fourth-order valence-electron chi connectivity index (χ4n) is 1.58. The Hall–Kier alpha value is -1.28. The van der Waals surface area contributed by atoms with Crippen molar-refractivity contribution < 1.29 is 9.53 Å². The van der Waals surface area contributed by atoms with Crippen molar-refractivity contribution in [2.75, 3.05) is 0 Å². The van der Waals surface area contributed by atoms with E-state index in [1.54, 1.807) is 30.5 Å². The summed E-state index contributed by atoms with van der Waals surface area (Å²) in [7, 11) is 0. The number of unbranched alkanes of at least 4 members (excludes halogenated alkanes) is 4. The van der Waals surface area contributed by atoms with Gasteiger partial charge >= 0.3 is 0 Å². The van der Waals surface area contributed by atoms with Crippen LogP contribution in [-0.2, 0) is 0 Å². The van der Waals surface area contributed by atoms with Crippen LogP contribution in [0.15, 0.2) is 36.6 Å². The zero-order valence-corrected chi connectivity index (χ0v) is 11.5. The summed E-state index contributed by atoms with van der Waals surface area (Å²) in [6.07, 6.45) is 9.68. The highest BCUT2D eigenvalue weighted by Gasteiger charge is 2.01. The van der Waals surface area contributed by atoms with Gasteiger partial charge in [0.1, 0.15) is 5.75 Å². The van der Waals surface area contributed by atoms with Gasteiger partial charge < -0.3 is 4.74 Å². The van der Waals surface area contributed by atoms with E-state index in [2.05, 4.69) is 6.92 Å². The number of benzene rings is 1. The molecule has 0 heterocycles. The average molecular weight is 267 g/mol. The van der Waals surface area contributed by atoms with Gasteiger partial charge in [0.15, 0.2) is 0 Å². The van der Waals surface area contributed by atoms with E-state index in [1.165, 1.54) is 25.7 Å². The van der Waals surface area contributed by atoms with E-state index in [0.29, 0.717) is 11.3 Å². The third-order valence-corrected chi connectivity index (χ3v) is 2.80. The first-order valence-electron chi connectivity index (χ1n) is 6.35. The van der Waals surface area contributed by atoms with E-state index in [9.17, 15) is 4.79 Å². The van der Waals surface area contributed by atoms with Crippen molar-refractivity contribution in [3.8, 4) is 5.75 Å². The third-order valence-electron chi connectivity index (χ3n) is 2.59. The number of hydrogen-bond donors (Lipinski definition) is 0. The van der Waals surface area contributed by atoms with Gasteiger partial charge in [-0.15, -0.1) is 0 Å².